The molecule has 6 nitrogen and oxygen atoms in total. The molecule has 0 spiro atoms. The molecule has 2 aromatic heterocycles. The van der Waals surface area contributed by atoms with E-state index in [0.717, 1.165) is 23.0 Å². The Morgan fingerprint density at radius 2 is 2.19 bits per heavy atom. The first-order valence-electron chi connectivity index (χ1n) is 7.40. The summed E-state index contributed by atoms with van der Waals surface area (Å²) in [5.41, 5.74) is 1.94. The van der Waals surface area contributed by atoms with Gasteiger partial charge < -0.3 is 9.47 Å². The standard InChI is InChI=1S/C15H18N4O2/c1-10-8-12(4-5-16-10)19-15(13-9-20-6-7-21-13)17-14(18-19)11-2-3-11/h4-5,8,11,13H,2-3,6-7,9H2,1H3. The maximum absolute atomic E-state index is 5.81. The molecule has 1 atom stereocenters. The van der Waals surface area contributed by atoms with Gasteiger partial charge in [0, 0.05) is 17.8 Å². The van der Waals surface area contributed by atoms with E-state index in [1.165, 1.54) is 12.8 Å². The largest absolute Gasteiger partial charge is 0.376 e. The maximum atomic E-state index is 5.81. The normalized spacial score (nSPS) is 22.4. The zero-order chi connectivity index (χ0) is 14.2. The third kappa shape index (κ3) is 2.56. The number of pyridine rings is 1. The molecule has 110 valence electrons. The SMILES string of the molecule is Cc1cc(-n2nc(C3CC3)nc2C2COCCO2)ccn1. The van der Waals surface area contributed by atoms with Gasteiger partial charge in [0.15, 0.2) is 11.6 Å². The van der Waals surface area contributed by atoms with Crippen molar-refractivity contribution < 1.29 is 9.47 Å². The molecule has 1 unspecified atom stereocenters. The molecule has 1 aliphatic carbocycles. The Bertz CT molecular complexity index is 645. The highest BCUT2D eigenvalue weighted by atomic mass is 16.6. The Hall–Kier alpha value is -1.79. The van der Waals surface area contributed by atoms with Crippen molar-refractivity contribution in [3.05, 3.63) is 35.7 Å². The van der Waals surface area contributed by atoms with Crippen molar-refractivity contribution in [2.45, 2.75) is 31.8 Å². The number of nitrogens with zero attached hydrogens (tertiary/aromatic N) is 4. The van der Waals surface area contributed by atoms with Crippen molar-refractivity contribution in [1.82, 2.24) is 19.7 Å². The molecule has 0 amide bonds. The minimum Gasteiger partial charge on any atom is -0.376 e. The zero-order valence-corrected chi connectivity index (χ0v) is 12.0. The van der Waals surface area contributed by atoms with Crippen molar-refractivity contribution in [2.24, 2.45) is 0 Å². The molecule has 1 aliphatic heterocycles. The van der Waals surface area contributed by atoms with Gasteiger partial charge in [-0.1, -0.05) is 0 Å². The molecule has 21 heavy (non-hydrogen) atoms. The fraction of sp³-hybridized carbons (Fsp3) is 0.533. The van der Waals surface area contributed by atoms with E-state index in [2.05, 4.69) is 4.98 Å². The summed E-state index contributed by atoms with van der Waals surface area (Å²) < 4.78 is 13.2. The number of hydrogen-bond acceptors (Lipinski definition) is 5. The van der Waals surface area contributed by atoms with Crippen LogP contribution in [0.15, 0.2) is 18.3 Å². The van der Waals surface area contributed by atoms with Crippen LogP contribution >= 0.6 is 0 Å². The van der Waals surface area contributed by atoms with Crippen molar-refractivity contribution in [3.63, 3.8) is 0 Å². The Balaban J connectivity index is 1.76. The second-order valence-corrected chi connectivity index (χ2v) is 5.60. The smallest absolute Gasteiger partial charge is 0.163 e. The predicted octanol–water partition coefficient (Wildman–Crippen LogP) is 1.94. The Labute approximate surface area is 123 Å². The van der Waals surface area contributed by atoms with Crippen LogP contribution in [-0.2, 0) is 9.47 Å². The lowest BCUT2D eigenvalue weighted by Gasteiger charge is -2.22. The van der Waals surface area contributed by atoms with E-state index in [1.54, 1.807) is 6.20 Å². The fourth-order valence-corrected chi connectivity index (χ4v) is 2.55. The first kappa shape index (κ1) is 12.9. The molecule has 3 heterocycles. The van der Waals surface area contributed by atoms with Crippen LogP contribution in [0.1, 0.15) is 42.2 Å². The van der Waals surface area contributed by atoms with Gasteiger partial charge in [0.1, 0.15) is 6.10 Å². The lowest BCUT2D eigenvalue weighted by atomic mass is 10.3. The van der Waals surface area contributed by atoms with Gasteiger partial charge in [-0.05, 0) is 31.9 Å². The summed E-state index contributed by atoms with van der Waals surface area (Å²) in [6.45, 7) is 3.76. The minimum absolute atomic E-state index is 0.146. The van der Waals surface area contributed by atoms with Crippen LogP contribution in [0.2, 0.25) is 0 Å². The average Bonchev–Trinajstić information content (AvgIpc) is 3.27. The van der Waals surface area contributed by atoms with Gasteiger partial charge in [0.05, 0.1) is 25.5 Å². The first-order chi connectivity index (χ1) is 10.3. The molecule has 2 aromatic rings. The van der Waals surface area contributed by atoms with Gasteiger partial charge in [0.2, 0.25) is 0 Å². The molecule has 4 rings (SSSR count). The molecule has 1 saturated carbocycles. The molecular formula is C15H18N4O2. The summed E-state index contributed by atoms with van der Waals surface area (Å²) in [6.07, 6.45) is 4.01. The summed E-state index contributed by atoms with van der Waals surface area (Å²) >= 11 is 0. The van der Waals surface area contributed by atoms with E-state index < -0.39 is 0 Å². The summed E-state index contributed by atoms with van der Waals surface area (Å²) in [7, 11) is 0. The maximum Gasteiger partial charge on any atom is 0.163 e. The third-order valence-electron chi connectivity index (χ3n) is 3.82. The fourth-order valence-electron chi connectivity index (χ4n) is 2.55. The quantitative estimate of drug-likeness (QED) is 0.863. The summed E-state index contributed by atoms with van der Waals surface area (Å²) in [5.74, 6) is 2.27. The number of rotatable bonds is 3. The molecule has 0 N–H and O–H groups in total. The van der Waals surface area contributed by atoms with E-state index in [9.17, 15) is 0 Å². The van der Waals surface area contributed by atoms with E-state index in [4.69, 9.17) is 19.6 Å². The predicted molar refractivity (Wildman–Crippen MR) is 75.4 cm³/mol. The summed E-state index contributed by atoms with van der Waals surface area (Å²) in [4.78, 5) is 8.97. The second kappa shape index (κ2) is 5.20. The van der Waals surface area contributed by atoms with E-state index in [-0.39, 0.29) is 6.10 Å². The van der Waals surface area contributed by atoms with Gasteiger partial charge in [-0.3, -0.25) is 4.98 Å². The lowest BCUT2D eigenvalue weighted by molar-refractivity contribution is -0.0942. The van der Waals surface area contributed by atoms with Gasteiger partial charge >= 0.3 is 0 Å². The number of aryl methyl sites for hydroxylation is 1. The van der Waals surface area contributed by atoms with Crippen LogP contribution in [0.25, 0.3) is 5.69 Å². The van der Waals surface area contributed by atoms with Crippen LogP contribution in [0, 0.1) is 6.92 Å². The topological polar surface area (TPSA) is 62.1 Å². The van der Waals surface area contributed by atoms with Crippen molar-refractivity contribution in [2.75, 3.05) is 19.8 Å². The minimum atomic E-state index is -0.146. The van der Waals surface area contributed by atoms with E-state index in [1.807, 2.05) is 23.7 Å². The Morgan fingerprint density at radius 3 is 2.90 bits per heavy atom. The zero-order valence-electron chi connectivity index (χ0n) is 12.0. The molecule has 6 heteroatoms. The average molecular weight is 286 g/mol. The van der Waals surface area contributed by atoms with Gasteiger partial charge in [-0.2, -0.15) is 5.10 Å². The number of hydrogen-bond donors (Lipinski definition) is 0. The van der Waals surface area contributed by atoms with Gasteiger partial charge in [-0.15, -0.1) is 0 Å². The van der Waals surface area contributed by atoms with Crippen LogP contribution < -0.4 is 0 Å². The highest BCUT2D eigenvalue weighted by Crippen LogP contribution is 2.39. The summed E-state index contributed by atoms with van der Waals surface area (Å²) in [5, 5.41) is 4.70. The summed E-state index contributed by atoms with van der Waals surface area (Å²) in [6, 6.07) is 3.96. The van der Waals surface area contributed by atoms with Crippen molar-refractivity contribution in [1.29, 1.82) is 0 Å². The highest BCUT2D eigenvalue weighted by molar-refractivity contribution is 5.32. The highest BCUT2D eigenvalue weighted by Gasteiger charge is 2.32. The molecule has 1 saturated heterocycles. The molecular weight excluding hydrogens is 268 g/mol. The van der Waals surface area contributed by atoms with Crippen LogP contribution in [-0.4, -0.2) is 39.6 Å². The first-order valence-corrected chi connectivity index (χ1v) is 7.40. The number of ether oxygens (including phenoxy) is 2. The van der Waals surface area contributed by atoms with Crippen LogP contribution in [0.5, 0.6) is 0 Å². The Kier molecular flexibility index (Phi) is 3.20. The monoisotopic (exact) mass is 286 g/mol. The molecule has 2 aliphatic rings. The van der Waals surface area contributed by atoms with Crippen LogP contribution in [0.3, 0.4) is 0 Å². The molecule has 0 aromatic carbocycles. The molecule has 0 bridgehead atoms. The molecule has 0 radical (unpaired) electrons. The van der Waals surface area contributed by atoms with Gasteiger partial charge in [-0.25, -0.2) is 9.67 Å². The Morgan fingerprint density at radius 1 is 1.29 bits per heavy atom. The lowest BCUT2D eigenvalue weighted by Crippen LogP contribution is -2.24. The van der Waals surface area contributed by atoms with E-state index in [0.29, 0.717) is 25.7 Å². The number of aromatic nitrogens is 4. The van der Waals surface area contributed by atoms with Gasteiger partial charge in [0.25, 0.3) is 0 Å². The van der Waals surface area contributed by atoms with Crippen molar-refractivity contribution >= 4 is 0 Å². The van der Waals surface area contributed by atoms with Crippen LogP contribution in [0.4, 0.5) is 0 Å². The molecule has 2 fully saturated rings. The van der Waals surface area contributed by atoms with Crippen molar-refractivity contribution in [3.8, 4) is 5.69 Å². The second-order valence-electron chi connectivity index (χ2n) is 5.60. The third-order valence-corrected chi connectivity index (χ3v) is 3.82. The van der Waals surface area contributed by atoms with E-state index >= 15 is 0 Å².